The quantitative estimate of drug-likeness (QED) is 0.878. The number of nitriles is 1. The number of ether oxygens (including phenoxy) is 1. The van der Waals surface area contributed by atoms with Gasteiger partial charge in [0.1, 0.15) is 0 Å². The molecule has 0 saturated carbocycles. The number of carbonyl (C=O) groups excluding carboxylic acids is 1. The summed E-state index contributed by atoms with van der Waals surface area (Å²) >= 11 is 0. The van der Waals surface area contributed by atoms with Crippen molar-refractivity contribution < 1.29 is 14.6 Å². The highest BCUT2D eigenvalue weighted by Crippen LogP contribution is 2.30. The van der Waals surface area contributed by atoms with E-state index in [9.17, 15) is 15.2 Å². The third kappa shape index (κ3) is 2.78. The summed E-state index contributed by atoms with van der Waals surface area (Å²) in [6.07, 6.45) is 0. The smallest absolute Gasteiger partial charge is 0.338 e. The zero-order valence-corrected chi connectivity index (χ0v) is 11.9. The average Bonchev–Trinajstić information content (AvgIpc) is 2.54. The number of aliphatic hydroxyl groups excluding tert-OH is 1. The zero-order chi connectivity index (χ0) is 15.4. The Morgan fingerprint density at radius 2 is 2.00 bits per heavy atom. The monoisotopic (exact) mass is 281 g/mol. The topological polar surface area (TPSA) is 70.3 Å². The third-order valence-corrected chi connectivity index (χ3v) is 3.39. The molecule has 4 nitrogen and oxygen atoms in total. The van der Waals surface area contributed by atoms with Gasteiger partial charge >= 0.3 is 5.97 Å². The van der Waals surface area contributed by atoms with Crippen LogP contribution >= 0.6 is 0 Å². The molecule has 0 heterocycles. The molecule has 0 aliphatic rings. The van der Waals surface area contributed by atoms with Crippen LogP contribution in [0.1, 0.15) is 27.0 Å². The van der Waals surface area contributed by atoms with Crippen molar-refractivity contribution in [3.8, 4) is 17.2 Å². The largest absolute Gasteiger partial charge is 0.465 e. The molecule has 0 radical (unpaired) electrons. The van der Waals surface area contributed by atoms with E-state index in [1.54, 1.807) is 31.2 Å². The van der Waals surface area contributed by atoms with Gasteiger partial charge in [-0.1, -0.05) is 18.2 Å². The molecule has 0 atom stereocenters. The Kier molecular flexibility index (Phi) is 4.36. The number of rotatable bonds is 3. The molecule has 2 aromatic carbocycles. The summed E-state index contributed by atoms with van der Waals surface area (Å²) in [5.74, 6) is -0.460. The van der Waals surface area contributed by atoms with Gasteiger partial charge in [-0.25, -0.2) is 4.79 Å². The summed E-state index contributed by atoms with van der Waals surface area (Å²) in [6.45, 7) is 1.61. The second-order valence-electron chi connectivity index (χ2n) is 4.62. The Hall–Kier alpha value is -2.64. The molecule has 21 heavy (non-hydrogen) atoms. The number of hydrogen-bond donors (Lipinski definition) is 1. The van der Waals surface area contributed by atoms with Crippen LogP contribution in [0.4, 0.5) is 0 Å². The van der Waals surface area contributed by atoms with Crippen molar-refractivity contribution in [1.29, 1.82) is 5.26 Å². The van der Waals surface area contributed by atoms with Gasteiger partial charge < -0.3 is 9.84 Å². The van der Waals surface area contributed by atoms with E-state index in [-0.39, 0.29) is 6.61 Å². The molecule has 0 spiro atoms. The molecule has 2 aromatic rings. The predicted molar refractivity (Wildman–Crippen MR) is 78.6 cm³/mol. The van der Waals surface area contributed by atoms with Crippen LogP contribution in [0.2, 0.25) is 0 Å². The molecule has 4 heteroatoms. The first-order valence-corrected chi connectivity index (χ1v) is 6.44. The van der Waals surface area contributed by atoms with Gasteiger partial charge in [0.25, 0.3) is 0 Å². The standard InChI is InChI=1S/C17H15NO3/c1-11-15(14-6-4-3-5-13(14)9-18)7-12(10-19)8-16(11)17(20)21-2/h3-8,19H,10H2,1-2H3. The van der Waals surface area contributed by atoms with E-state index in [2.05, 4.69) is 6.07 Å². The van der Waals surface area contributed by atoms with Gasteiger partial charge in [-0.3, -0.25) is 0 Å². The number of carbonyl (C=O) groups is 1. The lowest BCUT2D eigenvalue weighted by Gasteiger charge is -2.13. The highest BCUT2D eigenvalue weighted by atomic mass is 16.5. The summed E-state index contributed by atoms with van der Waals surface area (Å²) in [4.78, 5) is 11.9. The predicted octanol–water partition coefficient (Wildman–Crippen LogP) is 2.81. The first kappa shape index (κ1) is 14.8. The second-order valence-corrected chi connectivity index (χ2v) is 4.62. The maximum atomic E-state index is 11.9. The van der Waals surface area contributed by atoms with Gasteiger partial charge in [-0.15, -0.1) is 0 Å². The van der Waals surface area contributed by atoms with Gasteiger partial charge in [0.05, 0.1) is 30.9 Å². The molecular formula is C17H15NO3. The van der Waals surface area contributed by atoms with Gasteiger partial charge in [-0.05, 0) is 47.4 Å². The van der Waals surface area contributed by atoms with Crippen LogP contribution in [0.3, 0.4) is 0 Å². The lowest BCUT2D eigenvalue weighted by molar-refractivity contribution is 0.0600. The van der Waals surface area contributed by atoms with E-state index < -0.39 is 5.97 Å². The number of hydrogen-bond acceptors (Lipinski definition) is 4. The minimum Gasteiger partial charge on any atom is -0.465 e. The molecule has 0 saturated heterocycles. The van der Waals surface area contributed by atoms with Crippen molar-refractivity contribution in [3.05, 3.63) is 58.7 Å². The Morgan fingerprint density at radius 3 is 2.62 bits per heavy atom. The molecule has 0 amide bonds. The number of methoxy groups -OCH3 is 1. The molecule has 0 aliphatic heterocycles. The zero-order valence-electron chi connectivity index (χ0n) is 11.9. The van der Waals surface area contributed by atoms with Crippen molar-refractivity contribution in [1.82, 2.24) is 0 Å². The SMILES string of the molecule is COC(=O)c1cc(CO)cc(-c2ccccc2C#N)c1C. The van der Waals surface area contributed by atoms with Crippen molar-refractivity contribution in [3.63, 3.8) is 0 Å². The maximum Gasteiger partial charge on any atom is 0.338 e. The average molecular weight is 281 g/mol. The normalized spacial score (nSPS) is 10.0. The van der Waals surface area contributed by atoms with Gasteiger partial charge in [0.2, 0.25) is 0 Å². The highest BCUT2D eigenvalue weighted by molar-refractivity contribution is 5.94. The van der Waals surface area contributed by atoms with Gasteiger partial charge in [0.15, 0.2) is 0 Å². The van der Waals surface area contributed by atoms with Crippen molar-refractivity contribution in [2.24, 2.45) is 0 Å². The van der Waals surface area contributed by atoms with E-state index >= 15 is 0 Å². The van der Waals surface area contributed by atoms with Crippen LogP contribution in [0, 0.1) is 18.3 Å². The van der Waals surface area contributed by atoms with E-state index in [1.165, 1.54) is 7.11 Å². The van der Waals surface area contributed by atoms with E-state index in [4.69, 9.17) is 4.74 Å². The van der Waals surface area contributed by atoms with E-state index in [0.29, 0.717) is 16.7 Å². The van der Waals surface area contributed by atoms with Crippen LogP contribution in [0.5, 0.6) is 0 Å². The van der Waals surface area contributed by atoms with Crippen molar-refractivity contribution in [2.45, 2.75) is 13.5 Å². The molecule has 0 aliphatic carbocycles. The fourth-order valence-electron chi connectivity index (χ4n) is 2.28. The molecule has 1 N–H and O–H groups in total. The lowest BCUT2D eigenvalue weighted by atomic mass is 9.91. The third-order valence-electron chi connectivity index (χ3n) is 3.39. The van der Waals surface area contributed by atoms with Crippen LogP contribution < -0.4 is 0 Å². The minimum atomic E-state index is -0.460. The van der Waals surface area contributed by atoms with Crippen molar-refractivity contribution in [2.75, 3.05) is 7.11 Å². The number of benzene rings is 2. The molecule has 0 unspecified atom stereocenters. The Morgan fingerprint density at radius 1 is 1.29 bits per heavy atom. The van der Waals surface area contributed by atoms with Crippen LogP contribution in [0.25, 0.3) is 11.1 Å². The molecule has 106 valence electrons. The van der Waals surface area contributed by atoms with Crippen LogP contribution in [0.15, 0.2) is 36.4 Å². The first-order valence-electron chi connectivity index (χ1n) is 6.44. The molecule has 0 aromatic heterocycles. The van der Waals surface area contributed by atoms with E-state index in [0.717, 1.165) is 16.7 Å². The molecule has 0 fully saturated rings. The Labute approximate surface area is 123 Å². The summed E-state index contributed by atoms with van der Waals surface area (Å²) in [7, 11) is 1.32. The van der Waals surface area contributed by atoms with Gasteiger partial charge in [0, 0.05) is 0 Å². The molecule has 0 bridgehead atoms. The van der Waals surface area contributed by atoms with Crippen LogP contribution in [-0.2, 0) is 11.3 Å². The number of esters is 1. The second kappa shape index (κ2) is 6.21. The number of aliphatic hydroxyl groups is 1. The summed E-state index contributed by atoms with van der Waals surface area (Å²) in [6, 6.07) is 12.7. The maximum absolute atomic E-state index is 11.9. The molecular weight excluding hydrogens is 266 g/mol. The minimum absolute atomic E-state index is 0.188. The summed E-state index contributed by atoms with van der Waals surface area (Å²) in [5, 5.41) is 18.6. The fourth-order valence-corrected chi connectivity index (χ4v) is 2.28. The highest BCUT2D eigenvalue weighted by Gasteiger charge is 2.16. The van der Waals surface area contributed by atoms with Crippen molar-refractivity contribution >= 4 is 5.97 Å². The number of nitrogens with zero attached hydrogens (tertiary/aromatic N) is 1. The lowest BCUT2D eigenvalue weighted by Crippen LogP contribution is -2.06. The summed E-state index contributed by atoms with van der Waals surface area (Å²) in [5.41, 5.74) is 3.72. The summed E-state index contributed by atoms with van der Waals surface area (Å²) < 4.78 is 4.78. The van der Waals surface area contributed by atoms with Crippen LogP contribution in [-0.4, -0.2) is 18.2 Å². The molecule has 2 rings (SSSR count). The first-order chi connectivity index (χ1) is 10.1. The Bertz CT molecular complexity index is 729. The fraction of sp³-hybridized carbons (Fsp3) is 0.176. The Balaban J connectivity index is 2.74. The van der Waals surface area contributed by atoms with E-state index in [1.807, 2.05) is 12.1 Å². The van der Waals surface area contributed by atoms with Gasteiger partial charge in [-0.2, -0.15) is 5.26 Å².